The van der Waals surface area contributed by atoms with Crippen LogP contribution < -0.4 is 5.32 Å². The van der Waals surface area contributed by atoms with Crippen LogP contribution in [-0.2, 0) is 0 Å². The summed E-state index contributed by atoms with van der Waals surface area (Å²) in [7, 11) is 2.20. The highest BCUT2D eigenvalue weighted by molar-refractivity contribution is 4.94. The maximum atomic E-state index is 9.70. The third kappa shape index (κ3) is 4.87. The van der Waals surface area contributed by atoms with Crippen molar-refractivity contribution in [2.75, 3.05) is 20.2 Å². The molecule has 18 heavy (non-hydrogen) atoms. The van der Waals surface area contributed by atoms with Gasteiger partial charge in [0.05, 0.1) is 6.61 Å². The minimum Gasteiger partial charge on any atom is -0.394 e. The maximum absolute atomic E-state index is 9.70. The first-order chi connectivity index (χ1) is 8.56. The average Bonchev–Trinajstić information content (AvgIpc) is 3.20. The number of hydrogen-bond acceptors (Lipinski definition) is 3. The predicted octanol–water partition coefficient (Wildman–Crippen LogP) is 2.39. The summed E-state index contributed by atoms with van der Waals surface area (Å²) in [4.78, 5) is 2.43. The molecule has 1 rings (SSSR count). The molecule has 3 nitrogen and oxygen atoms in total. The van der Waals surface area contributed by atoms with E-state index in [-0.39, 0.29) is 12.1 Å². The lowest BCUT2D eigenvalue weighted by atomic mass is 9.90. The summed E-state index contributed by atoms with van der Waals surface area (Å²) in [6, 6.07) is 1.33. The van der Waals surface area contributed by atoms with Crippen LogP contribution in [0.1, 0.15) is 59.3 Å². The van der Waals surface area contributed by atoms with Gasteiger partial charge >= 0.3 is 0 Å². The van der Waals surface area contributed by atoms with E-state index in [4.69, 9.17) is 0 Å². The van der Waals surface area contributed by atoms with Crippen LogP contribution >= 0.6 is 0 Å². The molecule has 0 amide bonds. The highest BCUT2D eigenvalue weighted by atomic mass is 16.3. The van der Waals surface area contributed by atoms with E-state index in [0.29, 0.717) is 12.1 Å². The number of aliphatic hydroxyl groups is 1. The van der Waals surface area contributed by atoms with Gasteiger partial charge in [-0.1, -0.05) is 13.8 Å². The first kappa shape index (κ1) is 15.9. The van der Waals surface area contributed by atoms with Crippen LogP contribution in [0.2, 0.25) is 0 Å². The third-order valence-corrected chi connectivity index (χ3v) is 4.58. The SMILES string of the molecule is CCC(C)N(C)CCCC(CC)(CO)NC1CC1. The Balaban J connectivity index is 2.32. The van der Waals surface area contributed by atoms with Gasteiger partial charge in [0.25, 0.3) is 0 Å². The van der Waals surface area contributed by atoms with Crippen molar-refractivity contribution in [2.45, 2.75) is 76.9 Å². The van der Waals surface area contributed by atoms with E-state index in [1.807, 2.05) is 0 Å². The molecule has 0 aliphatic heterocycles. The monoisotopic (exact) mass is 256 g/mol. The number of nitrogens with zero attached hydrogens (tertiary/aromatic N) is 1. The van der Waals surface area contributed by atoms with Crippen molar-refractivity contribution in [1.82, 2.24) is 10.2 Å². The molecule has 1 aliphatic carbocycles. The normalized spacial score (nSPS) is 21.0. The van der Waals surface area contributed by atoms with Gasteiger partial charge < -0.3 is 15.3 Å². The van der Waals surface area contributed by atoms with Crippen LogP contribution in [0.15, 0.2) is 0 Å². The van der Waals surface area contributed by atoms with Crippen molar-refractivity contribution in [3.05, 3.63) is 0 Å². The largest absolute Gasteiger partial charge is 0.394 e. The Kier molecular flexibility index (Phi) is 6.61. The molecule has 0 aromatic heterocycles. The van der Waals surface area contributed by atoms with Gasteiger partial charge in [-0.25, -0.2) is 0 Å². The Hall–Kier alpha value is -0.120. The van der Waals surface area contributed by atoms with Crippen molar-refractivity contribution in [3.8, 4) is 0 Å². The molecular formula is C15H32N2O. The highest BCUT2D eigenvalue weighted by Gasteiger charge is 2.33. The fourth-order valence-electron chi connectivity index (χ4n) is 2.45. The standard InChI is InChI=1S/C15H32N2O/c1-5-13(3)17(4)11-7-10-15(6-2,12-18)16-14-8-9-14/h13-14,16,18H,5-12H2,1-4H3. The number of rotatable bonds is 10. The second kappa shape index (κ2) is 7.46. The van der Waals surface area contributed by atoms with E-state index in [0.717, 1.165) is 25.8 Å². The van der Waals surface area contributed by atoms with Crippen molar-refractivity contribution >= 4 is 0 Å². The zero-order valence-corrected chi connectivity index (χ0v) is 12.7. The van der Waals surface area contributed by atoms with E-state index in [1.54, 1.807) is 0 Å². The van der Waals surface area contributed by atoms with Crippen LogP contribution in [-0.4, -0.2) is 47.8 Å². The zero-order chi connectivity index (χ0) is 13.6. The first-order valence-corrected chi connectivity index (χ1v) is 7.65. The molecule has 0 spiro atoms. The Morgan fingerprint density at radius 3 is 2.50 bits per heavy atom. The number of nitrogens with one attached hydrogen (secondary N) is 1. The van der Waals surface area contributed by atoms with E-state index in [2.05, 4.69) is 38.0 Å². The average molecular weight is 256 g/mol. The zero-order valence-electron chi connectivity index (χ0n) is 12.7. The lowest BCUT2D eigenvalue weighted by molar-refractivity contribution is 0.135. The first-order valence-electron chi connectivity index (χ1n) is 7.65. The summed E-state index contributed by atoms with van der Waals surface area (Å²) < 4.78 is 0. The highest BCUT2D eigenvalue weighted by Crippen LogP contribution is 2.26. The van der Waals surface area contributed by atoms with Crippen molar-refractivity contribution < 1.29 is 5.11 Å². The van der Waals surface area contributed by atoms with Gasteiger partial charge in [-0.3, -0.25) is 0 Å². The fourth-order valence-corrected chi connectivity index (χ4v) is 2.45. The smallest absolute Gasteiger partial charge is 0.0613 e. The lowest BCUT2D eigenvalue weighted by Crippen LogP contribution is -2.49. The molecule has 0 radical (unpaired) electrons. The van der Waals surface area contributed by atoms with E-state index in [9.17, 15) is 5.11 Å². The molecule has 1 aliphatic rings. The van der Waals surface area contributed by atoms with Crippen LogP contribution in [0.3, 0.4) is 0 Å². The summed E-state index contributed by atoms with van der Waals surface area (Å²) in [5.74, 6) is 0. The number of aliphatic hydroxyl groups excluding tert-OH is 1. The molecule has 2 N–H and O–H groups in total. The molecule has 0 saturated heterocycles. The Bertz CT molecular complexity index is 225. The van der Waals surface area contributed by atoms with E-state index < -0.39 is 0 Å². The summed E-state index contributed by atoms with van der Waals surface area (Å²) >= 11 is 0. The Morgan fingerprint density at radius 1 is 1.39 bits per heavy atom. The molecule has 0 bridgehead atoms. The quantitative estimate of drug-likeness (QED) is 0.630. The molecule has 2 atom stereocenters. The summed E-state index contributed by atoms with van der Waals surface area (Å²) in [5, 5.41) is 13.3. The topological polar surface area (TPSA) is 35.5 Å². The second-order valence-electron chi connectivity index (χ2n) is 6.05. The Labute approximate surface area is 113 Å². The van der Waals surface area contributed by atoms with Crippen LogP contribution in [0.4, 0.5) is 0 Å². The van der Waals surface area contributed by atoms with Gasteiger partial charge in [-0.2, -0.15) is 0 Å². The molecule has 1 fully saturated rings. The van der Waals surface area contributed by atoms with Crippen LogP contribution in [0.25, 0.3) is 0 Å². The van der Waals surface area contributed by atoms with Crippen molar-refractivity contribution in [2.24, 2.45) is 0 Å². The molecule has 0 aromatic carbocycles. The molecule has 0 heterocycles. The third-order valence-electron chi connectivity index (χ3n) is 4.58. The molecular weight excluding hydrogens is 224 g/mol. The van der Waals surface area contributed by atoms with E-state index in [1.165, 1.54) is 19.3 Å². The van der Waals surface area contributed by atoms with E-state index >= 15 is 0 Å². The maximum Gasteiger partial charge on any atom is 0.0613 e. The van der Waals surface area contributed by atoms with Gasteiger partial charge in [-0.15, -0.1) is 0 Å². The number of hydrogen-bond donors (Lipinski definition) is 2. The minimum absolute atomic E-state index is 0.0303. The summed E-state index contributed by atoms with van der Waals surface area (Å²) in [5.41, 5.74) is -0.0303. The molecule has 3 heteroatoms. The lowest BCUT2D eigenvalue weighted by Gasteiger charge is -2.33. The molecule has 0 aromatic rings. The second-order valence-corrected chi connectivity index (χ2v) is 6.05. The van der Waals surface area contributed by atoms with Gasteiger partial charge in [0.15, 0.2) is 0 Å². The summed E-state index contributed by atoms with van der Waals surface area (Å²) in [6.45, 7) is 8.10. The van der Waals surface area contributed by atoms with Gasteiger partial charge in [0.1, 0.15) is 0 Å². The van der Waals surface area contributed by atoms with Gasteiger partial charge in [-0.05, 0) is 59.0 Å². The van der Waals surface area contributed by atoms with Crippen molar-refractivity contribution in [3.63, 3.8) is 0 Å². The van der Waals surface area contributed by atoms with Gasteiger partial charge in [0.2, 0.25) is 0 Å². The predicted molar refractivity (Wildman–Crippen MR) is 77.9 cm³/mol. The molecule has 1 saturated carbocycles. The molecule has 2 unspecified atom stereocenters. The Morgan fingerprint density at radius 2 is 2.06 bits per heavy atom. The van der Waals surface area contributed by atoms with Crippen molar-refractivity contribution in [1.29, 1.82) is 0 Å². The summed E-state index contributed by atoms with van der Waals surface area (Å²) in [6.07, 6.45) is 7.04. The molecule has 108 valence electrons. The van der Waals surface area contributed by atoms with Crippen LogP contribution in [0, 0.1) is 0 Å². The minimum atomic E-state index is -0.0303. The van der Waals surface area contributed by atoms with Gasteiger partial charge in [0, 0.05) is 17.6 Å². The fraction of sp³-hybridized carbons (Fsp3) is 1.00. The van der Waals surface area contributed by atoms with Crippen LogP contribution in [0.5, 0.6) is 0 Å².